The van der Waals surface area contributed by atoms with Gasteiger partial charge in [-0.1, -0.05) is 110 Å². The summed E-state index contributed by atoms with van der Waals surface area (Å²) in [5.41, 5.74) is 8.95. The fourth-order valence-electron chi connectivity index (χ4n) is 4.62. The van der Waals surface area contributed by atoms with Crippen molar-refractivity contribution in [2.24, 2.45) is 0 Å². The maximum Gasteiger partial charge on any atom is 0.330 e. The molecule has 0 unspecified atom stereocenters. The van der Waals surface area contributed by atoms with Gasteiger partial charge in [-0.05, 0) is 70.3 Å². The highest BCUT2D eigenvalue weighted by molar-refractivity contribution is 5.91. The number of ether oxygens (including phenoxy) is 1. The summed E-state index contributed by atoms with van der Waals surface area (Å²) < 4.78 is 5.13. The molecular formula is C37H31NO2. The molecule has 0 aliphatic rings. The summed E-state index contributed by atoms with van der Waals surface area (Å²) in [7, 11) is 0. The Bertz CT molecular complexity index is 1520. The average Bonchev–Trinajstić information content (AvgIpc) is 3.02. The molecule has 0 saturated heterocycles. The van der Waals surface area contributed by atoms with Crippen LogP contribution < -0.4 is 4.90 Å². The van der Waals surface area contributed by atoms with Crippen molar-refractivity contribution in [1.29, 1.82) is 0 Å². The number of anilines is 3. The van der Waals surface area contributed by atoms with Crippen LogP contribution in [0.5, 0.6) is 0 Å². The normalized spacial score (nSPS) is 11.1. The molecule has 40 heavy (non-hydrogen) atoms. The molecule has 0 fully saturated rings. The van der Waals surface area contributed by atoms with Gasteiger partial charge in [0.1, 0.15) is 0 Å². The quantitative estimate of drug-likeness (QED) is 0.104. The van der Waals surface area contributed by atoms with E-state index in [1.807, 2.05) is 18.2 Å². The molecule has 5 rings (SSSR count). The molecule has 0 aliphatic carbocycles. The molecule has 3 nitrogen and oxygen atoms in total. The number of carbonyl (C=O) groups excluding carboxylic acids is 1. The number of nitrogens with zero attached hydrogens (tertiary/aromatic N) is 1. The molecular weight excluding hydrogens is 490 g/mol. The number of hydrogen-bond acceptors (Lipinski definition) is 3. The number of carbonyl (C=O) groups is 1. The van der Waals surface area contributed by atoms with Crippen molar-refractivity contribution in [3.63, 3.8) is 0 Å². The van der Waals surface area contributed by atoms with Crippen molar-refractivity contribution in [3.8, 4) is 0 Å². The van der Waals surface area contributed by atoms with Gasteiger partial charge in [0, 0.05) is 29.6 Å². The summed E-state index contributed by atoms with van der Waals surface area (Å²) in [5.74, 6) is -0.396. The van der Waals surface area contributed by atoms with E-state index in [-0.39, 0.29) is 0 Å². The molecule has 0 N–H and O–H groups in total. The zero-order valence-corrected chi connectivity index (χ0v) is 22.3. The molecule has 0 heterocycles. The second-order valence-corrected chi connectivity index (χ2v) is 9.34. The fourth-order valence-corrected chi connectivity index (χ4v) is 4.62. The summed E-state index contributed by atoms with van der Waals surface area (Å²) in [6, 6.07) is 48.4. The number of para-hydroxylation sites is 2. The van der Waals surface area contributed by atoms with Gasteiger partial charge in [0.15, 0.2) is 0 Å². The topological polar surface area (TPSA) is 29.5 Å². The molecule has 0 aliphatic heterocycles. The number of benzene rings is 5. The molecule has 0 aromatic heterocycles. The number of esters is 1. The van der Waals surface area contributed by atoms with E-state index in [4.69, 9.17) is 4.74 Å². The molecule has 0 atom stereocenters. The third-order valence-electron chi connectivity index (χ3n) is 6.64. The summed E-state index contributed by atoms with van der Waals surface area (Å²) >= 11 is 0. The molecule has 196 valence electrons. The Morgan fingerprint density at radius 1 is 0.625 bits per heavy atom. The van der Waals surface area contributed by atoms with Gasteiger partial charge in [-0.25, -0.2) is 4.79 Å². The van der Waals surface area contributed by atoms with E-state index in [1.54, 1.807) is 0 Å². The maximum atomic E-state index is 11.3. The van der Waals surface area contributed by atoms with Crippen LogP contribution >= 0.6 is 0 Å². The standard InChI is InChI=1S/C37H31NO2/c1-2-37(39)40-27-26-29-18-22-32(23-19-29)36(31-12-6-3-7-13-31)28-30-20-24-35(25-21-30)38(33-14-8-4-9-15-33)34-16-10-5-11-17-34/h2-25,28H,1,26-27H2/b36-28-. The second-order valence-electron chi connectivity index (χ2n) is 9.34. The third-order valence-corrected chi connectivity index (χ3v) is 6.64. The van der Waals surface area contributed by atoms with Crippen LogP contribution in [0.15, 0.2) is 152 Å². The molecule has 0 bridgehead atoms. The largest absolute Gasteiger partial charge is 0.462 e. The van der Waals surface area contributed by atoms with Gasteiger partial charge in [-0.3, -0.25) is 0 Å². The van der Waals surface area contributed by atoms with Crippen LogP contribution in [0.4, 0.5) is 17.1 Å². The molecule has 0 radical (unpaired) electrons. The fraction of sp³-hybridized carbons (Fsp3) is 0.0541. The molecule has 0 spiro atoms. The van der Waals surface area contributed by atoms with Gasteiger partial charge in [0.2, 0.25) is 0 Å². The number of rotatable bonds is 10. The van der Waals surface area contributed by atoms with E-state index in [1.165, 1.54) is 6.08 Å². The van der Waals surface area contributed by atoms with Crippen LogP contribution in [0, 0.1) is 0 Å². The Morgan fingerprint density at radius 3 is 1.68 bits per heavy atom. The van der Waals surface area contributed by atoms with Crippen molar-refractivity contribution in [1.82, 2.24) is 0 Å². The van der Waals surface area contributed by atoms with Crippen molar-refractivity contribution < 1.29 is 9.53 Å². The first-order chi connectivity index (χ1) is 19.7. The first kappa shape index (κ1) is 26.5. The zero-order valence-electron chi connectivity index (χ0n) is 22.3. The molecule has 0 saturated carbocycles. The lowest BCUT2D eigenvalue weighted by molar-refractivity contribution is -0.137. The van der Waals surface area contributed by atoms with Gasteiger partial charge < -0.3 is 9.64 Å². The lowest BCUT2D eigenvalue weighted by Gasteiger charge is -2.25. The van der Waals surface area contributed by atoms with E-state index < -0.39 is 5.97 Å². The van der Waals surface area contributed by atoms with Crippen molar-refractivity contribution in [3.05, 3.63) is 174 Å². The molecule has 5 aromatic rings. The predicted octanol–water partition coefficient (Wildman–Crippen LogP) is 9.02. The molecule has 3 heteroatoms. The Morgan fingerprint density at radius 2 is 1.12 bits per heavy atom. The van der Waals surface area contributed by atoms with E-state index in [2.05, 4.69) is 139 Å². The van der Waals surface area contributed by atoms with E-state index in [0.29, 0.717) is 13.0 Å². The van der Waals surface area contributed by atoms with Crippen LogP contribution in [0.25, 0.3) is 11.6 Å². The first-order valence-electron chi connectivity index (χ1n) is 13.4. The van der Waals surface area contributed by atoms with Crippen molar-refractivity contribution in [2.75, 3.05) is 11.5 Å². The Kier molecular flexibility index (Phi) is 8.65. The minimum absolute atomic E-state index is 0.334. The Hall–Kier alpha value is -5.15. The van der Waals surface area contributed by atoms with Gasteiger partial charge in [-0.15, -0.1) is 0 Å². The lowest BCUT2D eigenvalue weighted by Crippen LogP contribution is -2.09. The number of hydrogen-bond donors (Lipinski definition) is 0. The maximum absolute atomic E-state index is 11.3. The molecule has 0 amide bonds. The van der Waals surface area contributed by atoms with Gasteiger partial charge in [-0.2, -0.15) is 0 Å². The van der Waals surface area contributed by atoms with Crippen LogP contribution in [0.1, 0.15) is 22.3 Å². The lowest BCUT2D eigenvalue weighted by atomic mass is 9.94. The summed E-state index contributed by atoms with van der Waals surface area (Å²) in [6.07, 6.45) is 4.08. The Labute approximate surface area is 236 Å². The van der Waals surface area contributed by atoms with Crippen LogP contribution in [-0.4, -0.2) is 12.6 Å². The van der Waals surface area contributed by atoms with Gasteiger partial charge in [0.25, 0.3) is 0 Å². The van der Waals surface area contributed by atoms with E-state index >= 15 is 0 Å². The zero-order chi connectivity index (χ0) is 27.6. The molecule has 5 aromatic carbocycles. The van der Waals surface area contributed by atoms with Gasteiger partial charge >= 0.3 is 5.97 Å². The van der Waals surface area contributed by atoms with Crippen molar-refractivity contribution >= 4 is 34.7 Å². The van der Waals surface area contributed by atoms with E-state index in [0.717, 1.165) is 44.9 Å². The second kappa shape index (κ2) is 13.1. The van der Waals surface area contributed by atoms with Crippen LogP contribution in [0.2, 0.25) is 0 Å². The smallest absolute Gasteiger partial charge is 0.330 e. The van der Waals surface area contributed by atoms with Crippen LogP contribution in [0.3, 0.4) is 0 Å². The predicted molar refractivity (Wildman–Crippen MR) is 166 cm³/mol. The third kappa shape index (κ3) is 6.64. The minimum Gasteiger partial charge on any atom is -0.462 e. The summed E-state index contributed by atoms with van der Waals surface area (Å²) in [5, 5.41) is 0. The Balaban J connectivity index is 1.44. The van der Waals surface area contributed by atoms with Crippen molar-refractivity contribution in [2.45, 2.75) is 6.42 Å². The highest BCUT2D eigenvalue weighted by atomic mass is 16.5. The first-order valence-corrected chi connectivity index (χ1v) is 13.4. The average molecular weight is 522 g/mol. The summed E-state index contributed by atoms with van der Waals surface area (Å²) in [4.78, 5) is 13.6. The van der Waals surface area contributed by atoms with Crippen LogP contribution in [-0.2, 0) is 16.0 Å². The van der Waals surface area contributed by atoms with Gasteiger partial charge in [0.05, 0.1) is 6.61 Å². The SMILES string of the molecule is C=CC(=O)OCCc1ccc(/C(=C\c2ccc(N(c3ccccc3)c3ccccc3)cc2)c2ccccc2)cc1. The minimum atomic E-state index is -0.396. The highest BCUT2D eigenvalue weighted by Gasteiger charge is 2.12. The summed E-state index contributed by atoms with van der Waals surface area (Å²) in [6.45, 7) is 3.77. The monoisotopic (exact) mass is 521 g/mol. The highest BCUT2D eigenvalue weighted by Crippen LogP contribution is 2.35. The van der Waals surface area contributed by atoms with E-state index in [9.17, 15) is 4.79 Å².